The molecule has 0 aliphatic heterocycles. The molecule has 0 spiro atoms. The van der Waals surface area contributed by atoms with Crippen LogP contribution in [0.2, 0.25) is 0 Å². The third-order valence-electron chi connectivity index (χ3n) is 2.30. The highest BCUT2D eigenvalue weighted by Crippen LogP contribution is 2.20. The summed E-state index contributed by atoms with van der Waals surface area (Å²) in [7, 11) is 0. The van der Waals surface area contributed by atoms with E-state index in [-0.39, 0.29) is 0 Å². The van der Waals surface area contributed by atoms with E-state index in [9.17, 15) is 0 Å². The molecule has 0 radical (unpaired) electrons. The number of fused-ring (bicyclic) bond motifs is 1. The summed E-state index contributed by atoms with van der Waals surface area (Å²) in [5.41, 5.74) is 1.93. The normalized spacial score (nSPS) is 11.5. The predicted octanol–water partition coefficient (Wildman–Crippen LogP) is 2.44. The lowest BCUT2D eigenvalue weighted by Crippen LogP contribution is -2.04. The Bertz CT molecular complexity index is 489. The number of nitrogens with zero attached hydrogens (tertiary/aromatic N) is 4. The van der Waals surface area contributed by atoms with Crippen LogP contribution in [0.4, 0.5) is 0 Å². The van der Waals surface area contributed by atoms with Crippen LogP contribution in [0.1, 0.15) is 25.6 Å². The molecule has 5 heteroatoms. The molecular formula is C10H14N4S. The van der Waals surface area contributed by atoms with Gasteiger partial charge < -0.3 is 0 Å². The zero-order chi connectivity index (χ0) is 11.0. The molecule has 15 heavy (non-hydrogen) atoms. The molecule has 2 aromatic heterocycles. The molecule has 2 heterocycles. The van der Waals surface area contributed by atoms with Gasteiger partial charge in [-0.25, -0.2) is 14.6 Å². The highest BCUT2D eigenvalue weighted by atomic mass is 32.2. The molecule has 0 aliphatic carbocycles. The topological polar surface area (TPSA) is 43.6 Å². The van der Waals surface area contributed by atoms with E-state index in [2.05, 4.69) is 28.9 Å². The van der Waals surface area contributed by atoms with E-state index in [0.717, 1.165) is 21.9 Å². The molecule has 0 saturated carbocycles. The van der Waals surface area contributed by atoms with Gasteiger partial charge in [0.15, 0.2) is 10.8 Å². The summed E-state index contributed by atoms with van der Waals surface area (Å²) in [6.07, 6.45) is 3.82. The van der Waals surface area contributed by atoms with Crippen molar-refractivity contribution in [1.82, 2.24) is 19.7 Å². The van der Waals surface area contributed by atoms with E-state index < -0.39 is 0 Å². The highest BCUT2D eigenvalue weighted by molar-refractivity contribution is 7.98. The largest absolute Gasteiger partial charge is 0.245 e. The lowest BCUT2D eigenvalue weighted by atomic mass is 10.3. The van der Waals surface area contributed by atoms with Crippen molar-refractivity contribution in [2.75, 3.05) is 6.26 Å². The number of aromatic nitrogens is 4. The Balaban J connectivity index is 2.72. The fourth-order valence-electron chi connectivity index (χ4n) is 1.51. The molecule has 80 valence electrons. The summed E-state index contributed by atoms with van der Waals surface area (Å²) in [6, 6.07) is 0.325. The summed E-state index contributed by atoms with van der Waals surface area (Å²) in [6.45, 7) is 6.20. The van der Waals surface area contributed by atoms with Gasteiger partial charge in [-0.1, -0.05) is 11.8 Å². The monoisotopic (exact) mass is 222 g/mol. The highest BCUT2D eigenvalue weighted by Gasteiger charge is 2.11. The van der Waals surface area contributed by atoms with Crippen LogP contribution >= 0.6 is 11.8 Å². The van der Waals surface area contributed by atoms with Crippen molar-refractivity contribution in [3.8, 4) is 0 Å². The molecule has 4 nitrogen and oxygen atoms in total. The summed E-state index contributed by atoms with van der Waals surface area (Å²) in [4.78, 5) is 8.88. The van der Waals surface area contributed by atoms with Gasteiger partial charge in [0.2, 0.25) is 0 Å². The second kappa shape index (κ2) is 3.81. The molecule has 2 aromatic rings. The van der Waals surface area contributed by atoms with Crippen LogP contribution in [0.15, 0.2) is 11.4 Å². The molecule has 0 bridgehead atoms. The van der Waals surface area contributed by atoms with Crippen molar-refractivity contribution >= 4 is 22.8 Å². The molecule has 0 N–H and O–H groups in total. The Labute approximate surface area is 93.1 Å². The van der Waals surface area contributed by atoms with E-state index in [1.54, 1.807) is 11.8 Å². The van der Waals surface area contributed by atoms with Crippen LogP contribution in [-0.4, -0.2) is 26.0 Å². The second-order valence-electron chi connectivity index (χ2n) is 3.72. The number of thioether (sulfide) groups is 1. The van der Waals surface area contributed by atoms with Gasteiger partial charge in [-0.3, -0.25) is 0 Å². The van der Waals surface area contributed by atoms with Crippen molar-refractivity contribution in [3.63, 3.8) is 0 Å². The Morgan fingerprint density at radius 2 is 2.07 bits per heavy atom. The van der Waals surface area contributed by atoms with E-state index in [0.29, 0.717) is 6.04 Å². The van der Waals surface area contributed by atoms with Crippen molar-refractivity contribution in [2.24, 2.45) is 0 Å². The number of hydrogen-bond acceptors (Lipinski definition) is 4. The lowest BCUT2D eigenvalue weighted by molar-refractivity contribution is 0.544. The van der Waals surface area contributed by atoms with Crippen molar-refractivity contribution in [3.05, 3.63) is 11.9 Å². The Morgan fingerprint density at radius 3 is 2.67 bits per heavy atom. The maximum Gasteiger partial charge on any atom is 0.189 e. The quantitative estimate of drug-likeness (QED) is 0.578. The van der Waals surface area contributed by atoms with E-state index >= 15 is 0 Å². The van der Waals surface area contributed by atoms with Crippen LogP contribution < -0.4 is 0 Å². The van der Waals surface area contributed by atoms with Crippen LogP contribution in [-0.2, 0) is 0 Å². The summed E-state index contributed by atoms with van der Waals surface area (Å²) in [5, 5.41) is 6.19. The Kier molecular flexibility index (Phi) is 2.65. The van der Waals surface area contributed by atoms with Crippen molar-refractivity contribution in [1.29, 1.82) is 0 Å². The van der Waals surface area contributed by atoms with Gasteiger partial charge >= 0.3 is 0 Å². The average Bonchev–Trinajstić information content (AvgIpc) is 2.61. The molecule has 0 saturated heterocycles. The smallest absolute Gasteiger partial charge is 0.189 e. The third-order valence-corrected chi connectivity index (χ3v) is 2.84. The van der Waals surface area contributed by atoms with Crippen molar-refractivity contribution in [2.45, 2.75) is 32.0 Å². The molecule has 0 aromatic carbocycles. The van der Waals surface area contributed by atoms with E-state index in [4.69, 9.17) is 0 Å². The first-order valence-corrected chi connectivity index (χ1v) is 6.11. The zero-order valence-electron chi connectivity index (χ0n) is 9.35. The molecule has 0 aliphatic rings. The molecule has 0 fully saturated rings. The number of rotatable bonds is 2. The molecule has 0 atom stereocenters. The molecule has 0 amide bonds. The van der Waals surface area contributed by atoms with Gasteiger partial charge in [-0.2, -0.15) is 5.10 Å². The first kappa shape index (κ1) is 10.4. The van der Waals surface area contributed by atoms with Gasteiger partial charge in [0.05, 0.1) is 17.3 Å². The minimum Gasteiger partial charge on any atom is -0.245 e. The minimum absolute atomic E-state index is 0.325. The third kappa shape index (κ3) is 1.71. The second-order valence-corrected chi connectivity index (χ2v) is 4.49. The van der Waals surface area contributed by atoms with Gasteiger partial charge in [0.25, 0.3) is 0 Å². The van der Waals surface area contributed by atoms with Crippen LogP contribution in [0.5, 0.6) is 0 Å². The first-order chi connectivity index (χ1) is 7.13. The van der Waals surface area contributed by atoms with Gasteiger partial charge in [-0.05, 0) is 27.0 Å². The average molecular weight is 222 g/mol. The first-order valence-electron chi connectivity index (χ1n) is 4.89. The van der Waals surface area contributed by atoms with Crippen molar-refractivity contribution < 1.29 is 0 Å². The summed E-state index contributed by atoms with van der Waals surface area (Å²) in [5.74, 6) is 0. The van der Waals surface area contributed by atoms with Crippen LogP contribution in [0.25, 0.3) is 11.0 Å². The zero-order valence-corrected chi connectivity index (χ0v) is 10.2. The summed E-state index contributed by atoms with van der Waals surface area (Å²) < 4.78 is 1.93. The fourth-order valence-corrected chi connectivity index (χ4v) is 1.92. The maximum absolute atomic E-state index is 4.49. The Hall–Kier alpha value is -1.10. The van der Waals surface area contributed by atoms with Crippen LogP contribution in [0.3, 0.4) is 0 Å². The Morgan fingerprint density at radius 1 is 1.33 bits per heavy atom. The number of hydrogen-bond donors (Lipinski definition) is 0. The SMILES string of the molecule is CSc1nc(C)c2cnn(C(C)C)c2n1. The maximum atomic E-state index is 4.49. The van der Waals surface area contributed by atoms with Crippen LogP contribution in [0, 0.1) is 6.92 Å². The van der Waals surface area contributed by atoms with Gasteiger partial charge in [0.1, 0.15) is 0 Å². The predicted molar refractivity (Wildman–Crippen MR) is 62.2 cm³/mol. The number of aryl methyl sites for hydroxylation is 1. The lowest BCUT2D eigenvalue weighted by Gasteiger charge is -2.07. The minimum atomic E-state index is 0.325. The fraction of sp³-hybridized carbons (Fsp3) is 0.500. The molecule has 0 unspecified atom stereocenters. The van der Waals surface area contributed by atoms with E-state index in [1.165, 1.54) is 0 Å². The van der Waals surface area contributed by atoms with Gasteiger partial charge in [-0.15, -0.1) is 0 Å². The summed E-state index contributed by atoms with van der Waals surface area (Å²) >= 11 is 1.56. The standard InChI is InChI=1S/C10H14N4S/c1-6(2)14-9-8(5-11-14)7(3)12-10(13-9)15-4/h5-6H,1-4H3. The molecular weight excluding hydrogens is 208 g/mol. The van der Waals surface area contributed by atoms with E-state index in [1.807, 2.05) is 24.1 Å². The molecule has 2 rings (SSSR count). The van der Waals surface area contributed by atoms with Gasteiger partial charge in [0, 0.05) is 6.04 Å².